The minimum Gasteiger partial charge on any atom is -0.314 e. The molecule has 0 bridgehead atoms. The molecule has 19 heavy (non-hydrogen) atoms. The van der Waals surface area contributed by atoms with E-state index >= 15 is 0 Å². The van der Waals surface area contributed by atoms with Crippen LogP contribution in [-0.2, 0) is 0 Å². The molecule has 0 unspecified atom stereocenters. The Morgan fingerprint density at radius 3 is 2.58 bits per heavy atom. The summed E-state index contributed by atoms with van der Waals surface area (Å²) in [7, 11) is 0. The van der Waals surface area contributed by atoms with E-state index in [9.17, 15) is 4.39 Å². The fourth-order valence-electron chi connectivity index (χ4n) is 2.76. The Morgan fingerprint density at radius 1 is 1.21 bits per heavy atom. The summed E-state index contributed by atoms with van der Waals surface area (Å²) >= 11 is 0. The van der Waals surface area contributed by atoms with Gasteiger partial charge in [-0.3, -0.25) is 4.90 Å². The highest BCUT2D eigenvalue weighted by atomic mass is 19.1. The van der Waals surface area contributed by atoms with Crippen molar-refractivity contribution in [3.05, 3.63) is 35.6 Å². The lowest BCUT2D eigenvalue weighted by Gasteiger charge is -2.35. The van der Waals surface area contributed by atoms with E-state index in [2.05, 4.69) is 30.1 Å². The summed E-state index contributed by atoms with van der Waals surface area (Å²) in [4.78, 5) is 2.49. The molecule has 0 aromatic heterocycles. The smallest absolute Gasteiger partial charge is 0.123 e. The predicted octanol–water partition coefficient (Wildman–Crippen LogP) is 3.21. The Hall–Kier alpha value is -0.930. The highest BCUT2D eigenvalue weighted by Gasteiger charge is 2.22. The molecule has 0 saturated carbocycles. The summed E-state index contributed by atoms with van der Waals surface area (Å²) < 4.78 is 13.5. The van der Waals surface area contributed by atoms with Gasteiger partial charge in [-0.25, -0.2) is 4.39 Å². The van der Waals surface area contributed by atoms with Crippen molar-refractivity contribution in [3.8, 4) is 0 Å². The maximum Gasteiger partial charge on any atom is 0.123 e. The number of hydrogen-bond donors (Lipinski definition) is 1. The number of rotatable bonds is 5. The van der Waals surface area contributed by atoms with Crippen LogP contribution in [0.4, 0.5) is 4.39 Å². The molecule has 1 aromatic rings. The topological polar surface area (TPSA) is 15.3 Å². The first-order valence-corrected chi connectivity index (χ1v) is 7.37. The van der Waals surface area contributed by atoms with Crippen LogP contribution in [0.3, 0.4) is 0 Å². The minimum atomic E-state index is -0.123. The third-order valence-corrected chi connectivity index (χ3v) is 3.84. The molecule has 1 fully saturated rings. The minimum absolute atomic E-state index is 0.123. The lowest BCUT2D eigenvalue weighted by atomic mass is 9.95. The highest BCUT2D eigenvalue weighted by molar-refractivity contribution is 5.20. The monoisotopic (exact) mass is 264 g/mol. The van der Waals surface area contributed by atoms with Gasteiger partial charge in [0.2, 0.25) is 0 Å². The van der Waals surface area contributed by atoms with Crippen molar-refractivity contribution in [1.82, 2.24) is 10.2 Å². The van der Waals surface area contributed by atoms with Crippen LogP contribution in [-0.4, -0.2) is 31.1 Å². The van der Waals surface area contributed by atoms with E-state index in [0.717, 1.165) is 38.2 Å². The van der Waals surface area contributed by atoms with Gasteiger partial charge < -0.3 is 5.32 Å². The van der Waals surface area contributed by atoms with Crippen molar-refractivity contribution in [2.45, 2.75) is 32.7 Å². The van der Waals surface area contributed by atoms with Crippen LogP contribution >= 0.6 is 0 Å². The van der Waals surface area contributed by atoms with E-state index in [1.807, 2.05) is 6.07 Å². The third kappa shape index (κ3) is 4.29. The van der Waals surface area contributed by atoms with E-state index in [4.69, 9.17) is 0 Å². The Balaban J connectivity index is 2.12. The molecule has 1 aliphatic rings. The molecule has 3 heteroatoms. The van der Waals surface area contributed by atoms with Gasteiger partial charge in [-0.15, -0.1) is 0 Å². The van der Waals surface area contributed by atoms with E-state index in [1.54, 1.807) is 6.07 Å². The first kappa shape index (κ1) is 14.5. The molecule has 0 aliphatic carbocycles. The number of benzene rings is 1. The molecule has 0 radical (unpaired) electrons. The Morgan fingerprint density at radius 2 is 1.95 bits per heavy atom. The summed E-state index contributed by atoms with van der Waals surface area (Å²) in [6.07, 6.45) is 2.30. The summed E-state index contributed by atoms with van der Waals surface area (Å²) in [6, 6.07) is 7.49. The lowest BCUT2D eigenvalue weighted by molar-refractivity contribution is 0.159. The lowest BCUT2D eigenvalue weighted by Crippen LogP contribution is -2.45. The van der Waals surface area contributed by atoms with Gasteiger partial charge in [0.1, 0.15) is 5.82 Å². The molecule has 106 valence electrons. The second-order valence-electron chi connectivity index (χ2n) is 5.83. The summed E-state index contributed by atoms with van der Waals surface area (Å²) in [5, 5.41) is 3.38. The highest BCUT2D eigenvalue weighted by Crippen LogP contribution is 2.28. The fraction of sp³-hybridized carbons (Fsp3) is 0.625. The van der Waals surface area contributed by atoms with Crippen LogP contribution in [0.15, 0.2) is 24.3 Å². The zero-order chi connectivity index (χ0) is 13.7. The van der Waals surface area contributed by atoms with Gasteiger partial charge in [0.05, 0.1) is 0 Å². The number of nitrogens with zero attached hydrogens (tertiary/aromatic N) is 1. The molecular formula is C16H25FN2. The van der Waals surface area contributed by atoms with Crippen molar-refractivity contribution in [1.29, 1.82) is 0 Å². The average molecular weight is 264 g/mol. The quantitative estimate of drug-likeness (QED) is 0.878. The first-order valence-electron chi connectivity index (χ1n) is 7.37. The van der Waals surface area contributed by atoms with Crippen molar-refractivity contribution >= 4 is 0 Å². The van der Waals surface area contributed by atoms with E-state index in [-0.39, 0.29) is 5.82 Å². The average Bonchev–Trinajstić information content (AvgIpc) is 2.40. The molecule has 1 saturated heterocycles. The summed E-state index contributed by atoms with van der Waals surface area (Å²) in [6.45, 7) is 8.68. The predicted molar refractivity (Wildman–Crippen MR) is 77.7 cm³/mol. The Bertz CT molecular complexity index is 386. The zero-order valence-corrected chi connectivity index (χ0v) is 12.0. The summed E-state index contributed by atoms with van der Waals surface area (Å²) in [5.41, 5.74) is 1.13. The molecule has 0 spiro atoms. The van der Waals surface area contributed by atoms with Crippen LogP contribution in [0, 0.1) is 11.7 Å². The summed E-state index contributed by atoms with van der Waals surface area (Å²) in [5.74, 6) is 0.571. The molecule has 1 atom stereocenters. The molecule has 2 nitrogen and oxygen atoms in total. The maximum atomic E-state index is 13.5. The second-order valence-corrected chi connectivity index (χ2v) is 5.83. The number of hydrogen-bond acceptors (Lipinski definition) is 2. The van der Waals surface area contributed by atoms with E-state index in [1.165, 1.54) is 12.5 Å². The molecule has 1 aliphatic heterocycles. The van der Waals surface area contributed by atoms with Crippen molar-refractivity contribution in [2.24, 2.45) is 5.92 Å². The van der Waals surface area contributed by atoms with Crippen LogP contribution in [0.25, 0.3) is 0 Å². The van der Waals surface area contributed by atoms with Gasteiger partial charge >= 0.3 is 0 Å². The van der Waals surface area contributed by atoms with Crippen molar-refractivity contribution in [3.63, 3.8) is 0 Å². The van der Waals surface area contributed by atoms with Gasteiger partial charge in [0, 0.05) is 32.2 Å². The van der Waals surface area contributed by atoms with Crippen LogP contribution in [0.5, 0.6) is 0 Å². The zero-order valence-electron chi connectivity index (χ0n) is 12.0. The molecule has 1 heterocycles. The maximum absolute atomic E-state index is 13.5. The second kappa shape index (κ2) is 7.01. The van der Waals surface area contributed by atoms with E-state index < -0.39 is 0 Å². The largest absolute Gasteiger partial charge is 0.314 e. The number of nitrogens with one attached hydrogen (secondary N) is 1. The van der Waals surface area contributed by atoms with Crippen molar-refractivity contribution < 1.29 is 4.39 Å². The van der Waals surface area contributed by atoms with Crippen molar-refractivity contribution in [2.75, 3.05) is 26.2 Å². The van der Waals surface area contributed by atoms with Crippen LogP contribution in [0.2, 0.25) is 0 Å². The number of piperazine rings is 1. The Kier molecular flexibility index (Phi) is 5.34. The van der Waals surface area contributed by atoms with E-state index in [0.29, 0.717) is 12.0 Å². The SMILES string of the molecule is CC(C)CC[C@H](c1cccc(F)c1)N1CCNCC1. The first-order chi connectivity index (χ1) is 9.16. The molecule has 2 rings (SSSR count). The van der Waals surface area contributed by atoms with Gasteiger partial charge in [-0.2, -0.15) is 0 Å². The van der Waals surface area contributed by atoms with Gasteiger partial charge in [0.25, 0.3) is 0 Å². The normalized spacial score (nSPS) is 18.7. The van der Waals surface area contributed by atoms with Crippen LogP contribution in [0.1, 0.15) is 38.3 Å². The van der Waals surface area contributed by atoms with Gasteiger partial charge in [0.15, 0.2) is 0 Å². The third-order valence-electron chi connectivity index (χ3n) is 3.84. The number of halogens is 1. The Labute approximate surface area is 116 Å². The molecular weight excluding hydrogens is 239 g/mol. The molecule has 1 aromatic carbocycles. The molecule has 1 N–H and O–H groups in total. The standard InChI is InChI=1S/C16H25FN2/c1-13(2)6-7-16(19-10-8-18-9-11-19)14-4-3-5-15(17)12-14/h3-5,12-13,16,18H,6-11H2,1-2H3/t16-/m1/s1. The van der Waals surface area contributed by atoms with Crippen LogP contribution < -0.4 is 5.32 Å². The van der Waals surface area contributed by atoms with Gasteiger partial charge in [-0.1, -0.05) is 26.0 Å². The fourth-order valence-corrected chi connectivity index (χ4v) is 2.76. The van der Waals surface area contributed by atoms with Gasteiger partial charge in [-0.05, 0) is 36.5 Å². The molecule has 0 amide bonds.